The van der Waals surface area contributed by atoms with Crippen LogP contribution in [0.15, 0.2) is 12.7 Å². The van der Waals surface area contributed by atoms with Crippen molar-refractivity contribution in [3.63, 3.8) is 0 Å². The molecule has 0 saturated carbocycles. The van der Waals surface area contributed by atoms with E-state index in [1.165, 1.54) is 13.8 Å². The average molecular weight is 114 g/mol. The number of ketones is 1. The third-order valence-electron chi connectivity index (χ3n) is 0.289. The van der Waals surface area contributed by atoms with Gasteiger partial charge in [0.05, 0.1) is 0 Å². The van der Waals surface area contributed by atoms with Gasteiger partial charge in [0, 0.05) is 0 Å². The van der Waals surface area contributed by atoms with Crippen LogP contribution in [0.4, 0.5) is 0 Å². The van der Waals surface area contributed by atoms with Crippen LogP contribution < -0.4 is 0 Å². The van der Waals surface area contributed by atoms with Gasteiger partial charge in [-0.2, -0.15) is 0 Å². The van der Waals surface area contributed by atoms with Crippen molar-refractivity contribution in [3.8, 4) is 0 Å². The van der Waals surface area contributed by atoms with Crippen molar-refractivity contribution < 1.29 is 4.79 Å². The minimum absolute atomic E-state index is 0.167. The van der Waals surface area contributed by atoms with Gasteiger partial charge in [-0.15, -0.1) is 6.58 Å². The number of rotatable bonds is 1. The summed E-state index contributed by atoms with van der Waals surface area (Å²) in [6.07, 6.45) is 2.96. The summed E-state index contributed by atoms with van der Waals surface area (Å²) in [5, 5.41) is 0. The summed E-state index contributed by atoms with van der Waals surface area (Å²) in [6.45, 7) is 8.60. The van der Waals surface area contributed by atoms with E-state index >= 15 is 0 Å². The number of hydrogen-bond acceptors (Lipinski definition) is 1. The molecule has 1 heteroatoms. The summed E-state index contributed by atoms with van der Waals surface area (Å²) < 4.78 is 0. The molecule has 0 amide bonds. The second kappa shape index (κ2) is 9.65. The van der Waals surface area contributed by atoms with Crippen LogP contribution in [0.5, 0.6) is 0 Å². The molecule has 8 heavy (non-hydrogen) atoms. The van der Waals surface area contributed by atoms with Gasteiger partial charge in [-0.1, -0.05) is 13.0 Å². The van der Waals surface area contributed by atoms with Crippen LogP contribution in [0, 0.1) is 0 Å². The largest absolute Gasteiger partial charge is 0.300 e. The molecule has 0 atom stereocenters. The van der Waals surface area contributed by atoms with Gasteiger partial charge in [-0.25, -0.2) is 0 Å². The Hall–Kier alpha value is -0.590. The molecule has 0 spiro atoms. The van der Waals surface area contributed by atoms with E-state index in [-0.39, 0.29) is 5.78 Å². The standard InChI is InChI=1S/C4H8.C3H6O/c1-3-4-2;1-3(2)4/h3H,1,4H2,2H3;1-2H3. The minimum Gasteiger partial charge on any atom is -0.300 e. The lowest BCUT2D eigenvalue weighted by Crippen LogP contribution is -1.69. The van der Waals surface area contributed by atoms with E-state index in [2.05, 4.69) is 13.5 Å². The molecule has 0 rings (SSSR count). The first-order valence-electron chi connectivity index (χ1n) is 2.73. The third kappa shape index (κ3) is 626. The van der Waals surface area contributed by atoms with Crippen molar-refractivity contribution in [1.29, 1.82) is 0 Å². The van der Waals surface area contributed by atoms with E-state index in [0.717, 1.165) is 6.42 Å². The van der Waals surface area contributed by atoms with E-state index in [4.69, 9.17) is 0 Å². The Morgan fingerprint density at radius 1 is 1.62 bits per heavy atom. The van der Waals surface area contributed by atoms with Crippen LogP contribution in [0.25, 0.3) is 0 Å². The maximum Gasteiger partial charge on any atom is 0.126 e. The molecule has 0 fully saturated rings. The Morgan fingerprint density at radius 2 is 1.75 bits per heavy atom. The van der Waals surface area contributed by atoms with Crippen LogP contribution in [0.1, 0.15) is 27.2 Å². The molecule has 0 aliphatic heterocycles. The minimum atomic E-state index is 0.167. The van der Waals surface area contributed by atoms with Gasteiger partial charge in [0.15, 0.2) is 0 Å². The quantitative estimate of drug-likeness (QED) is 0.477. The molecule has 0 aliphatic carbocycles. The van der Waals surface area contributed by atoms with E-state index in [1.807, 2.05) is 6.08 Å². The summed E-state index contributed by atoms with van der Waals surface area (Å²) in [4.78, 5) is 9.44. The Bertz CT molecular complexity index is 60.8. The number of Topliss-reactive ketones (excluding diaryl/α,β-unsaturated/α-hetero) is 1. The Kier molecular flexibility index (Phi) is 12.5. The highest BCUT2D eigenvalue weighted by atomic mass is 16.1. The molecule has 0 aromatic rings. The van der Waals surface area contributed by atoms with Crippen molar-refractivity contribution >= 4 is 5.78 Å². The van der Waals surface area contributed by atoms with Crippen molar-refractivity contribution in [2.45, 2.75) is 27.2 Å². The lowest BCUT2D eigenvalue weighted by atomic mass is 10.5. The lowest BCUT2D eigenvalue weighted by Gasteiger charge is -1.57. The fourth-order valence-electron chi connectivity index (χ4n) is 0. The van der Waals surface area contributed by atoms with Gasteiger partial charge in [0.1, 0.15) is 5.78 Å². The predicted octanol–water partition coefficient (Wildman–Crippen LogP) is 2.18. The molecule has 0 N–H and O–H groups in total. The molecule has 0 heterocycles. The van der Waals surface area contributed by atoms with Crippen molar-refractivity contribution in [1.82, 2.24) is 0 Å². The van der Waals surface area contributed by atoms with Crippen molar-refractivity contribution in [2.75, 3.05) is 0 Å². The van der Waals surface area contributed by atoms with E-state index < -0.39 is 0 Å². The fraction of sp³-hybridized carbons (Fsp3) is 0.571. The maximum absolute atomic E-state index is 9.44. The van der Waals surface area contributed by atoms with Crippen LogP contribution in [0.2, 0.25) is 0 Å². The van der Waals surface area contributed by atoms with E-state index in [1.54, 1.807) is 0 Å². The van der Waals surface area contributed by atoms with Crippen LogP contribution in [-0.2, 0) is 4.79 Å². The lowest BCUT2D eigenvalue weighted by molar-refractivity contribution is -0.114. The first kappa shape index (κ1) is 10.4. The number of allylic oxidation sites excluding steroid dienone is 1. The van der Waals surface area contributed by atoms with E-state index in [0.29, 0.717) is 0 Å². The summed E-state index contributed by atoms with van der Waals surface area (Å²) in [7, 11) is 0. The number of carbonyl (C=O) groups is 1. The second-order valence-electron chi connectivity index (χ2n) is 1.61. The SMILES string of the molecule is C=CCC.CC(C)=O. The van der Waals surface area contributed by atoms with Gasteiger partial charge >= 0.3 is 0 Å². The Balaban J connectivity index is 0. The predicted molar refractivity (Wildman–Crippen MR) is 36.8 cm³/mol. The topological polar surface area (TPSA) is 17.1 Å². The normalized spacial score (nSPS) is 6.38. The van der Waals surface area contributed by atoms with Gasteiger partial charge in [0.2, 0.25) is 0 Å². The van der Waals surface area contributed by atoms with Crippen molar-refractivity contribution in [3.05, 3.63) is 12.7 Å². The molecule has 0 unspecified atom stereocenters. The van der Waals surface area contributed by atoms with Gasteiger partial charge in [-0.05, 0) is 20.3 Å². The Morgan fingerprint density at radius 3 is 1.75 bits per heavy atom. The fourth-order valence-corrected chi connectivity index (χ4v) is 0. The molecule has 0 aliphatic rings. The molecule has 1 nitrogen and oxygen atoms in total. The smallest absolute Gasteiger partial charge is 0.126 e. The monoisotopic (exact) mass is 114 g/mol. The third-order valence-corrected chi connectivity index (χ3v) is 0.289. The number of hydrogen-bond donors (Lipinski definition) is 0. The first-order valence-corrected chi connectivity index (χ1v) is 2.73. The maximum atomic E-state index is 9.44. The molecular weight excluding hydrogens is 100 g/mol. The van der Waals surface area contributed by atoms with Gasteiger partial charge in [0.25, 0.3) is 0 Å². The van der Waals surface area contributed by atoms with Crippen LogP contribution in [-0.4, -0.2) is 5.78 Å². The van der Waals surface area contributed by atoms with E-state index in [9.17, 15) is 4.79 Å². The molecule has 0 aromatic heterocycles. The van der Waals surface area contributed by atoms with Crippen LogP contribution in [0.3, 0.4) is 0 Å². The highest BCUT2D eigenvalue weighted by molar-refractivity contribution is 5.72. The zero-order valence-electron chi connectivity index (χ0n) is 5.90. The van der Waals surface area contributed by atoms with Gasteiger partial charge in [-0.3, -0.25) is 0 Å². The molecule has 0 saturated heterocycles. The highest BCUT2D eigenvalue weighted by Gasteiger charge is 1.62. The molecule has 48 valence electrons. The zero-order chi connectivity index (χ0) is 6.99. The molecular formula is C7H14O. The summed E-state index contributed by atoms with van der Waals surface area (Å²) in [5.41, 5.74) is 0. The molecule has 0 bridgehead atoms. The number of carbonyl (C=O) groups excluding carboxylic acids is 1. The zero-order valence-corrected chi connectivity index (χ0v) is 5.90. The second-order valence-corrected chi connectivity index (χ2v) is 1.61. The summed E-state index contributed by atoms with van der Waals surface area (Å²) >= 11 is 0. The van der Waals surface area contributed by atoms with Crippen molar-refractivity contribution in [2.24, 2.45) is 0 Å². The van der Waals surface area contributed by atoms with Gasteiger partial charge < -0.3 is 4.79 Å². The molecule has 0 aromatic carbocycles. The first-order chi connectivity index (χ1) is 3.65. The molecule has 0 radical (unpaired) electrons. The van der Waals surface area contributed by atoms with Crippen LogP contribution >= 0.6 is 0 Å². The highest BCUT2D eigenvalue weighted by Crippen LogP contribution is 1.66. The summed E-state index contributed by atoms with van der Waals surface area (Å²) in [5.74, 6) is 0.167. The average Bonchev–Trinajstić information content (AvgIpc) is 1.65. The Labute approximate surface area is 51.4 Å². The summed E-state index contributed by atoms with van der Waals surface area (Å²) in [6, 6.07) is 0.